The van der Waals surface area contributed by atoms with Gasteiger partial charge in [0.2, 0.25) is 5.95 Å². The molecule has 0 amide bonds. The predicted molar refractivity (Wildman–Crippen MR) is 78.6 cm³/mol. The van der Waals surface area contributed by atoms with Crippen LogP contribution < -0.4 is 10.2 Å². The lowest BCUT2D eigenvalue weighted by atomic mass is 10.3. The number of nitrogens with one attached hydrogen (secondary N) is 2. The first kappa shape index (κ1) is 14.1. The van der Waals surface area contributed by atoms with Crippen molar-refractivity contribution >= 4 is 22.9 Å². The van der Waals surface area contributed by atoms with Gasteiger partial charge in [-0.2, -0.15) is 15.2 Å². The molecule has 7 nitrogen and oxygen atoms in total. The van der Waals surface area contributed by atoms with Crippen LogP contribution in [0.2, 0.25) is 0 Å². The van der Waals surface area contributed by atoms with Gasteiger partial charge < -0.3 is 15.2 Å². The highest BCUT2D eigenvalue weighted by Gasteiger charge is 2.14. The fourth-order valence-electron chi connectivity index (χ4n) is 1.96. The summed E-state index contributed by atoms with van der Waals surface area (Å²) in [5, 5.41) is 11.9. The van der Waals surface area contributed by atoms with E-state index in [1.807, 2.05) is 6.92 Å². The molecule has 0 spiro atoms. The van der Waals surface area contributed by atoms with Gasteiger partial charge >= 0.3 is 0 Å². The van der Waals surface area contributed by atoms with Gasteiger partial charge in [-0.25, -0.2) is 4.98 Å². The second-order valence-electron chi connectivity index (χ2n) is 4.39. The Morgan fingerprint density at radius 1 is 1.40 bits per heavy atom. The number of imidazole rings is 1. The highest BCUT2D eigenvalue weighted by atomic mass is 15.2. The SMILES string of the molecule is CCCNc1nc(N(CC)CCC#N)c2[nH]cnc2n1. The average Bonchev–Trinajstić information content (AvgIpc) is 2.94. The van der Waals surface area contributed by atoms with E-state index in [1.165, 1.54) is 0 Å². The number of fused-ring (bicyclic) bond motifs is 1. The van der Waals surface area contributed by atoms with Crippen molar-refractivity contribution in [2.75, 3.05) is 29.9 Å². The first-order valence-corrected chi connectivity index (χ1v) is 6.87. The second kappa shape index (κ2) is 6.70. The number of hydrogen-bond acceptors (Lipinski definition) is 6. The van der Waals surface area contributed by atoms with Crippen molar-refractivity contribution in [3.63, 3.8) is 0 Å². The van der Waals surface area contributed by atoms with E-state index in [0.29, 0.717) is 24.6 Å². The molecule has 7 heteroatoms. The van der Waals surface area contributed by atoms with Crippen LogP contribution in [0.3, 0.4) is 0 Å². The lowest BCUT2D eigenvalue weighted by Crippen LogP contribution is -2.25. The van der Waals surface area contributed by atoms with Gasteiger partial charge in [0.05, 0.1) is 18.8 Å². The molecule has 2 aromatic rings. The molecule has 0 aromatic carbocycles. The maximum atomic E-state index is 8.76. The molecule has 0 bridgehead atoms. The maximum absolute atomic E-state index is 8.76. The van der Waals surface area contributed by atoms with E-state index in [-0.39, 0.29) is 0 Å². The van der Waals surface area contributed by atoms with Crippen LogP contribution in [0.25, 0.3) is 11.2 Å². The van der Waals surface area contributed by atoms with Crippen molar-refractivity contribution in [1.29, 1.82) is 5.26 Å². The Balaban J connectivity index is 2.37. The molecule has 20 heavy (non-hydrogen) atoms. The van der Waals surface area contributed by atoms with Crippen LogP contribution in [0.15, 0.2) is 6.33 Å². The van der Waals surface area contributed by atoms with Crippen LogP contribution in [-0.4, -0.2) is 39.6 Å². The summed E-state index contributed by atoms with van der Waals surface area (Å²) in [5.41, 5.74) is 1.45. The van der Waals surface area contributed by atoms with Gasteiger partial charge in [0.1, 0.15) is 5.52 Å². The Kier molecular flexibility index (Phi) is 4.71. The molecule has 0 fully saturated rings. The van der Waals surface area contributed by atoms with Crippen molar-refractivity contribution in [3.8, 4) is 6.07 Å². The molecule has 0 aliphatic rings. The molecule has 2 heterocycles. The van der Waals surface area contributed by atoms with E-state index in [2.05, 4.69) is 43.1 Å². The Morgan fingerprint density at radius 2 is 2.25 bits per heavy atom. The lowest BCUT2D eigenvalue weighted by Gasteiger charge is -2.21. The van der Waals surface area contributed by atoms with Crippen LogP contribution in [0.1, 0.15) is 26.7 Å². The molecule has 106 valence electrons. The topological polar surface area (TPSA) is 93.5 Å². The van der Waals surface area contributed by atoms with E-state index in [4.69, 9.17) is 5.26 Å². The van der Waals surface area contributed by atoms with E-state index >= 15 is 0 Å². The number of H-pyrrole nitrogens is 1. The highest BCUT2D eigenvalue weighted by Crippen LogP contribution is 2.22. The summed E-state index contributed by atoms with van der Waals surface area (Å²) in [6.45, 7) is 6.37. The summed E-state index contributed by atoms with van der Waals surface area (Å²) in [4.78, 5) is 18.3. The Hall–Kier alpha value is -2.36. The number of aromatic nitrogens is 4. The number of nitriles is 1. The standard InChI is InChI=1S/C13H19N7/c1-3-7-15-13-18-11-10(16-9-17-11)12(19-13)20(4-2)8-5-6-14/h9H,3-5,7-8H2,1-2H3,(H2,15,16,17,18,19). The highest BCUT2D eigenvalue weighted by molar-refractivity contribution is 5.84. The van der Waals surface area contributed by atoms with Crippen LogP contribution >= 0.6 is 0 Å². The van der Waals surface area contributed by atoms with Gasteiger partial charge in [-0.05, 0) is 13.3 Å². The van der Waals surface area contributed by atoms with Gasteiger partial charge in [0.25, 0.3) is 0 Å². The molecule has 2 N–H and O–H groups in total. The molecular weight excluding hydrogens is 254 g/mol. The van der Waals surface area contributed by atoms with Crippen molar-refractivity contribution in [1.82, 2.24) is 19.9 Å². The lowest BCUT2D eigenvalue weighted by molar-refractivity contribution is 0.811. The molecule has 0 saturated heterocycles. The van der Waals surface area contributed by atoms with Gasteiger partial charge in [-0.1, -0.05) is 6.92 Å². The smallest absolute Gasteiger partial charge is 0.226 e. The zero-order chi connectivity index (χ0) is 14.4. The third kappa shape index (κ3) is 2.96. The van der Waals surface area contributed by atoms with Gasteiger partial charge in [-0.15, -0.1) is 0 Å². The average molecular weight is 273 g/mol. The Labute approximate surface area is 118 Å². The van der Waals surface area contributed by atoms with E-state index in [1.54, 1.807) is 6.33 Å². The number of nitrogens with zero attached hydrogens (tertiary/aromatic N) is 5. The molecule has 0 saturated carbocycles. The summed E-state index contributed by atoms with van der Waals surface area (Å²) in [6.07, 6.45) is 3.08. The summed E-state index contributed by atoms with van der Waals surface area (Å²) in [5.74, 6) is 1.38. The third-order valence-corrected chi connectivity index (χ3v) is 2.97. The fourth-order valence-corrected chi connectivity index (χ4v) is 1.96. The maximum Gasteiger partial charge on any atom is 0.226 e. The van der Waals surface area contributed by atoms with Crippen LogP contribution in [0.4, 0.5) is 11.8 Å². The zero-order valence-electron chi connectivity index (χ0n) is 11.8. The number of aromatic amines is 1. The van der Waals surface area contributed by atoms with Crippen molar-refractivity contribution in [2.45, 2.75) is 26.7 Å². The second-order valence-corrected chi connectivity index (χ2v) is 4.39. The first-order chi connectivity index (χ1) is 9.80. The van der Waals surface area contributed by atoms with E-state index in [9.17, 15) is 0 Å². The third-order valence-electron chi connectivity index (χ3n) is 2.97. The molecular formula is C13H19N7. The van der Waals surface area contributed by atoms with Gasteiger partial charge in [0, 0.05) is 19.6 Å². The largest absolute Gasteiger partial charge is 0.354 e. The molecule has 0 aliphatic heterocycles. The number of anilines is 2. The Morgan fingerprint density at radius 3 is 2.95 bits per heavy atom. The van der Waals surface area contributed by atoms with Crippen molar-refractivity contribution < 1.29 is 0 Å². The summed E-state index contributed by atoms with van der Waals surface area (Å²) in [7, 11) is 0. The minimum absolute atomic E-state index is 0.463. The van der Waals surface area contributed by atoms with Gasteiger partial charge in [-0.3, -0.25) is 0 Å². The quantitative estimate of drug-likeness (QED) is 0.800. The summed E-state index contributed by atoms with van der Waals surface area (Å²) < 4.78 is 0. The predicted octanol–water partition coefficient (Wildman–Crippen LogP) is 1.91. The minimum atomic E-state index is 0.463. The van der Waals surface area contributed by atoms with Crippen LogP contribution in [-0.2, 0) is 0 Å². The van der Waals surface area contributed by atoms with E-state index in [0.717, 1.165) is 30.8 Å². The van der Waals surface area contributed by atoms with E-state index < -0.39 is 0 Å². The molecule has 0 unspecified atom stereocenters. The molecule has 2 aromatic heterocycles. The minimum Gasteiger partial charge on any atom is -0.354 e. The van der Waals surface area contributed by atoms with Crippen molar-refractivity contribution in [2.24, 2.45) is 0 Å². The number of hydrogen-bond donors (Lipinski definition) is 2. The summed E-state index contributed by atoms with van der Waals surface area (Å²) in [6, 6.07) is 2.17. The number of rotatable bonds is 7. The molecule has 0 radical (unpaired) electrons. The van der Waals surface area contributed by atoms with Crippen LogP contribution in [0.5, 0.6) is 0 Å². The molecule has 2 rings (SSSR count). The molecule has 0 atom stereocenters. The van der Waals surface area contributed by atoms with Gasteiger partial charge in [0.15, 0.2) is 11.5 Å². The van der Waals surface area contributed by atoms with Crippen LogP contribution in [0, 0.1) is 11.3 Å². The molecule has 0 aliphatic carbocycles. The fraction of sp³-hybridized carbons (Fsp3) is 0.538. The summed E-state index contributed by atoms with van der Waals surface area (Å²) >= 11 is 0. The Bertz CT molecular complexity index is 598. The first-order valence-electron chi connectivity index (χ1n) is 6.87. The van der Waals surface area contributed by atoms with Crippen molar-refractivity contribution in [3.05, 3.63) is 6.33 Å². The zero-order valence-corrected chi connectivity index (χ0v) is 11.8. The normalized spacial score (nSPS) is 10.4. The monoisotopic (exact) mass is 273 g/mol.